The van der Waals surface area contributed by atoms with E-state index in [4.69, 9.17) is 9.90 Å². The van der Waals surface area contributed by atoms with Gasteiger partial charge in [0.15, 0.2) is 5.65 Å². The molecule has 3 rings (SSSR count). The van der Waals surface area contributed by atoms with Crippen LogP contribution in [0.5, 0.6) is 5.75 Å². The Morgan fingerprint density at radius 1 is 1.25 bits per heavy atom. The summed E-state index contributed by atoms with van der Waals surface area (Å²) in [5.41, 5.74) is 2.13. The number of alkyl halides is 3. The number of phenols is 1. The van der Waals surface area contributed by atoms with Gasteiger partial charge in [-0.15, -0.1) is 0 Å². The number of pyridine rings is 1. The summed E-state index contributed by atoms with van der Waals surface area (Å²) in [6.45, 7) is 0. The van der Waals surface area contributed by atoms with E-state index in [1.54, 1.807) is 18.3 Å². The van der Waals surface area contributed by atoms with Crippen molar-refractivity contribution in [3.05, 3.63) is 41.0 Å². The number of phenolic OH excluding ortho intramolecular Hbond substituents is 1. The third-order valence-electron chi connectivity index (χ3n) is 2.70. The fourth-order valence-electron chi connectivity index (χ4n) is 1.67. The lowest BCUT2D eigenvalue weighted by molar-refractivity contribution is -0.192. The van der Waals surface area contributed by atoms with Crippen LogP contribution in [0.15, 0.2) is 41.0 Å². The summed E-state index contributed by atoms with van der Waals surface area (Å²) in [6, 6.07) is 8.94. The molecular weight excluding hydrogens is 395 g/mol. The Kier molecular flexibility index (Phi) is 5.07. The zero-order chi connectivity index (χ0) is 17.9. The van der Waals surface area contributed by atoms with Crippen LogP contribution in [-0.2, 0) is 4.79 Å². The number of imidazole rings is 1. The lowest BCUT2D eigenvalue weighted by Gasteiger charge is -1.98. The normalized spacial score (nSPS) is 11.0. The number of carboxylic acid groups (broad SMARTS) is 1. The number of halogens is 4. The number of benzene rings is 1. The summed E-state index contributed by atoms with van der Waals surface area (Å²) >= 11 is 3.35. The van der Waals surface area contributed by atoms with Gasteiger partial charge in [0.2, 0.25) is 0 Å². The number of nitrogens with one attached hydrogen (secondary N) is 1. The van der Waals surface area contributed by atoms with E-state index in [1.165, 1.54) is 0 Å². The van der Waals surface area contributed by atoms with Crippen LogP contribution in [0.25, 0.3) is 22.6 Å². The van der Waals surface area contributed by atoms with E-state index in [0.29, 0.717) is 17.0 Å². The van der Waals surface area contributed by atoms with Crippen molar-refractivity contribution in [3.8, 4) is 17.1 Å². The first-order chi connectivity index (χ1) is 11.2. The van der Waals surface area contributed by atoms with Crippen LogP contribution in [0.4, 0.5) is 13.2 Å². The molecule has 0 spiro atoms. The molecule has 0 unspecified atom stereocenters. The van der Waals surface area contributed by atoms with Gasteiger partial charge in [-0.05, 0) is 34.1 Å². The van der Waals surface area contributed by atoms with E-state index in [-0.39, 0.29) is 5.75 Å². The highest BCUT2D eigenvalue weighted by Gasteiger charge is 2.38. The maximum absolute atomic E-state index is 10.6. The average molecular weight is 404 g/mol. The molecule has 10 heteroatoms. The van der Waals surface area contributed by atoms with Crippen LogP contribution in [0, 0.1) is 0 Å². The minimum Gasteiger partial charge on any atom is -0.507 e. The van der Waals surface area contributed by atoms with Gasteiger partial charge in [0.25, 0.3) is 0 Å². The average Bonchev–Trinajstić information content (AvgIpc) is 2.90. The lowest BCUT2D eigenvalue weighted by Crippen LogP contribution is -2.21. The van der Waals surface area contributed by atoms with E-state index in [0.717, 1.165) is 9.99 Å². The molecule has 0 saturated carbocycles. The highest BCUT2D eigenvalue weighted by molar-refractivity contribution is 9.10. The van der Waals surface area contributed by atoms with Crippen molar-refractivity contribution in [3.63, 3.8) is 0 Å². The van der Waals surface area contributed by atoms with Gasteiger partial charge in [0, 0.05) is 10.7 Å². The molecule has 0 aliphatic heterocycles. The number of aromatic hydroxyl groups is 1. The number of carboxylic acids is 1. The van der Waals surface area contributed by atoms with Crippen LogP contribution < -0.4 is 0 Å². The molecule has 3 N–H and O–H groups in total. The fraction of sp³-hybridized carbons (Fsp3) is 0.0714. The first kappa shape index (κ1) is 17.7. The summed E-state index contributed by atoms with van der Waals surface area (Å²) in [5.74, 6) is -1.94. The van der Waals surface area contributed by atoms with E-state index in [1.807, 2.05) is 18.2 Å². The number of hydrogen-bond donors (Lipinski definition) is 3. The lowest BCUT2D eigenvalue weighted by atomic mass is 10.2. The minimum absolute atomic E-state index is 0.200. The van der Waals surface area contributed by atoms with E-state index < -0.39 is 12.1 Å². The number of fused-ring (bicyclic) bond motifs is 1. The largest absolute Gasteiger partial charge is 0.507 e. The van der Waals surface area contributed by atoms with Crippen molar-refractivity contribution in [2.45, 2.75) is 6.18 Å². The van der Waals surface area contributed by atoms with Gasteiger partial charge < -0.3 is 15.2 Å². The minimum atomic E-state index is -5.08. The van der Waals surface area contributed by atoms with Crippen LogP contribution in [0.3, 0.4) is 0 Å². The first-order valence-electron chi connectivity index (χ1n) is 6.28. The molecule has 0 aliphatic carbocycles. The maximum atomic E-state index is 10.6. The summed E-state index contributed by atoms with van der Waals surface area (Å²) in [6.07, 6.45) is -3.38. The number of rotatable bonds is 1. The first-order valence-corrected chi connectivity index (χ1v) is 7.07. The second-order valence-electron chi connectivity index (χ2n) is 4.43. The van der Waals surface area contributed by atoms with Crippen LogP contribution in [-0.4, -0.2) is 37.3 Å². The summed E-state index contributed by atoms with van der Waals surface area (Å²) in [7, 11) is 0. The highest BCUT2D eigenvalue weighted by atomic mass is 79.9. The predicted octanol–water partition coefficient (Wildman–Crippen LogP) is 3.73. The predicted molar refractivity (Wildman–Crippen MR) is 82.4 cm³/mol. The van der Waals surface area contributed by atoms with Crippen LogP contribution in [0.2, 0.25) is 0 Å². The number of para-hydroxylation sites is 1. The van der Waals surface area contributed by atoms with Crippen LogP contribution in [0.1, 0.15) is 0 Å². The van der Waals surface area contributed by atoms with Gasteiger partial charge in [-0.1, -0.05) is 12.1 Å². The molecule has 3 aromatic rings. The Balaban J connectivity index is 0.000000256. The zero-order valence-corrected chi connectivity index (χ0v) is 13.3. The van der Waals surface area contributed by atoms with E-state index in [9.17, 15) is 18.3 Å². The number of aromatic nitrogens is 3. The summed E-state index contributed by atoms with van der Waals surface area (Å²) in [5, 5.41) is 16.9. The molecule has 0 radical (unpaired) electrons. The quantitative estimate of drug-likeness (QED) is 0.574. The number of H-pyrrole nitrogens is 1. The van der Waals surface area contributed by atoms with Crippen molar-refractivity contribution in [2.24, 2.45) is 0 Å². The molecule has 2 heterocycles. The molecule has 126 valence electrons. The molecule has 0 amide bonds. The molecule has 0 saturated heterocycles. The summed E-state index contributed by atoms with van der Waals surface area (Å²) in [4.78, 5) is 20.6. The summed E-state index contributed by atoms with van der Waals surface area (Å²) < 4.78 is 32.6. The maximum Gasteiger partial charge on any atom is 0.490 e. The number of aliphatic carboxylic acids is 1. The van der Waals surface area contributed by atoms with Gasteiger partial charge >= 0.3 is 12.1 Å². The molecule has 2 aromatic heterocycles. The standard InChI is InChI=1S/C12H8BrN3O.C2HF3O2/c13-7-5-9-12(14-6-7)16-11(15-9)8-3-1-2-4-10(8)17;3-2(4,5)1(6)7/h1-6,17H,(H,14,15,16);(H,6,7). The fourth-order valence-corrected chi connectivity index (χ4v) is 1.99. The molecule has 6 nitrogen and oxygen atoms in total. The van der Waals surface area contributed by atoms with Gasteiger partial charge in [0.05, 0.1) is 5.56 Å². The highest BCUT2D eigenvalue weighted by Crippen LogP contribution is 2.28. The third-order valence-corrected chi connectivity index (χ3v) is 3.14. The van der Waals surface area contributed by atoms with E-state index in [2.05, 4.69) is 30.9 Å². The van der Waals surface area contributed by atoms with Crippen molar-refractivity contribution in [2.75, 3.05) is 0 Å². The topological polar surface area (TPSA) is 99.1 Å². The van der Waals surface area contributed by atoms with Crippen molar-refractivity contribution < 1.29 is 28.2 Å². The Morgan fingerprint density at radius 3 is 2.46 bits per heavy atom. The molecule has 1 aromatic carbocycles. The van der Waals surface area contributed by atoms with Crippen molar-refractivity contribution in [1.29, 1.82) is 0 Å². The van der Waals surface area contributed by atoms with E-state index >= 15 is 0 Å². The molecule has 0 bridgehead atoms. The molecule has 0 aliphatic rings. The number of aromatic amines is 1. The van der Waals surface area contributed by atoms with Gasteiger partial charge in [-0.25, -0.2) is 14.8 Å². The molecule has 0 fully saturated rings. The monoisotopic (exact) mass is 403 g/mol. The number of carbonyl (C=O) groups is 1. The van der Waals surface area contributed by atoms with Crippen molar-refractivity contribution >= 4 is 33.1 Å². The van der Waals surface area contributed by atoms with Gasteiger partial charge in [-0.2, -0.15) is 13.2 Å². The molecule has 24 heavy (non-hydrogen) atoms. The Morgan fingerprint density at radius 2 is 1.88 bits per heavy atom. The number of hydrogen-bond acceptors (Lipinski definition) is 4. The smallest absolute Gasteiger partial charge is 0.490 e. The Bertz CT molecular complexity index is 880. The zero-order valence-electron chi connectivity index (χ0n) is 11.7. The van der Waals surface area contributed by atoms with Crippen molar-refractivity contribution in [1.82, 2.24) is 15.0 Å². The van der Waals surface area contributed by atoms with Crippen LogP contribution >= 0.6 is 15.9 Å². The third kappa shape index (κ3) is 4.22. The van der Waals surface area contributed by atoms with Gasteiger partial charge in [-0.3, -0.25) is 0 Å². The second-order valence-corrected chi connectivity index (χ2v) is 5.34. The molecular formula is C14H9BrF3N3O3. The SMILES string of the molecule is O=C(O)C(F)(F)F.Oc1ccccc1-c1nc2cc(Br)cnc2[nH]1. The second kappa shape index (κ2) is 6.87. The van der Waals surface area contributed by atoms with Gasteiger partial charge in [0.1, 0.15) is 17.1 Å². The number of nitrogens with zero attached hydrogens (tertiary/aromatic N) is 2. The Labute approximate surface area is 141 Å². The molecule has 0 atom stereocenters. The Hall–Kier alpha value is -2.62.